The van der Waals surface area contributed by atoms with Gasteiger partial charge in [0.05, 0.1) is 13.7 Å². The maximum absolute atomic E-state index is 12.2. The summed E-state index contributed by atoms with van der Waals surface area (Å²) in [5, 5.41) is 0.129. The van der Waals surface area contributed by atoms with Gasteiger partial charge in [0.1, 0.15) is 11.5 Å². The molecule has 3 nitrogen and oxygen atoms in total. The molecule has 1 unspecified atom stereocenters. The maximum atomic E-state index is 12.2. The zero-order chi connectivity index (χ0) is 18.5. The van der Waals surface area contributed by atoms with E-state index in [-0.39, 0.29) is 5.25 Å². The summed E-state index contributed by atoms with van der Waals surface area (Å²) in [6.07, 6.45) is 6.61. The molecule has 1 aromatic carbocycles. The summed E-state index contributed by atoms with van der Waals surface area (Å²) in [4.78, 5) is 12.2. The fourth-order valence-electron chi connectivity index (χ4n) is 2.55. The number of ketones is 1. The van der Waals surface area contributed by atoms with Crippen LogP contribution in [-0.4, -0.2) is 23.9 Å². The quantitative estimate of drug-likeness (QED) is 0.322. The van der Waals surface area contributed by atoms with Gasteiger partial charge in [-0.3, -0.25) is 4.79 Å². The van der Waals surface area contributed by atoms with Crippen LogP contribution in [0.15, 0.2) is 24.3 Å². The lowest BCUT2D eigenvalue weighted by molar-refractivity contribution is -0.119. The molecule has 0 fully saturated rings. The van der Waals surface area contributed by atoms with E-state index < -0.39 is 0 Å². The van der Waals surface area contributed by atoms with Crippen molar-refractivity contribution in [1.29, 1.82) is 0 Å². The second-order valence-corrected chi connectivity index (χ2v) is 7.76. The molecule has 0 saturated heterocycles. The van der Waals surface area contributed by atoms with E-state index in [1.165, 1.54) is 24.6 Å². The molecule has 0 saturated carbocycles. The third-order valence-electron chi connectivity index (χ3n) is 3.98. The summed E-state index contributed by atoms with van der Waals surface area (Å²) in [7, 11) is 1.66. The van der Waals surface area contributed by atoms with Crippen molar-refractivity contribution in [3.63, 3.8) is 0 Å². The summed E-state index contributed by atoms with van der Waals surface area (Å²) in [6, 6.07) is 7.96. The second kappa shape index (κ2) is 13.2. The zero-order valence-corrected chi connectivity index (χ0v) is 17.2. The second-order valence-electron chi connectivity index (χ2n) is 5.95. The molecule has 1 aromatic rings. The van der Waals surface area contributed by atoms with E-state index in [2.05, 4.69) is 6.92 Å². The van der Waals surface area contributed by atoms with Crippen LogP contribution in [0.3, 0.4) is 0 Å². The maximum Gasteiger partial charge on any atom is 0.220 e. The molecule has 25 heavy (non-hydrogen) atoms. The molecule has 140 valence electrons. The van der Waals surface area contributed by atoms with Crippen LogP contribution < -0.4 is 4.74 Å². The van der Waals surface area contributed by atoms with Crippen LogP contribution in [0.4, 0.5) is 0 Å². The van der Waals surface area contributed by atoms with Gasteiger partial charge >= 0.3 is 0 Å². The molecule has 1 atom stereocenters. The van der Waals surface area contributed by atoms with Crippen LogP contribution in [0.2, 0.25) is 0 Å². The molecule has 0 amide bonds. The molecule has 0 radical (unpaired) electrons. The van der Waals surface area contributed by atoms with Gasteiger partial charge in [-0.2, -0.15) is 0 Å². The summed E-state index contributed by atoms with van der Waals surface area (Å²) < 4.78 is 11.2. The van der Waals surface area contributed by atoms with E-state index in [1.54, 1.807) is 7.11 Å². The summed E-state index contributed by atoms with van der Waals surface area (Å²) >= 11 is 6.81. The number of hydrogen-bond acceptors (Lipinski definition) is 5. The summed E-state index contributed by atoms with van der Waals surface area (Å²) in [5.74, 6) is 1.17. The van der Waals surface area contributed by atoms with Crippen molar-refractivity contribution in [2.75, 3.05) is 13.7 Å². The van der Waals surface area contributed by atoms with Gasteiger partial charge in [-0.1, -0.05) is 50.1 Å². The number of benzene rings is 1. The zero-order valence-electron chi connectivity index (χ0n) is 15.6. The topological polar surface area (TPSA) is 35.5 Å². The van der Waals surface area contributed by atoms with Gasteiger partial charge in [-0.15, -0.1) is 0 Å². The number of unbranched alkanes of at least 4 members (excludes halogenated alkanes) is 3. The molecular weight excluding hydrogens is 352 g/mol. The van der Waals surface area contributed by atoms with E-state index in [1.807, 2.05) is 31.2 Å². The van der Waals surface area contributed by atoms with Gasteiger partial charge < -0.3 is 9.47 Å². The Morgan fingerprint density at radius 3 is 2.44 bits per heavy atom. The minimum absolute atomic E-state index is 0.129. The highest BCUT2D eigenvalue weighted by Gasteiger charge is 2.17. The largest absolute Gasteiger partial charge is 0.497 e. The molecule has 1 rings (SSSR count). The molecular formula is C20H30O3S2. The van der Waals surface area contributed by atoms with Crippen LogP contribution in [0.25, 0.3) is 0 Å². The minimum Gasteiger partial charge on any atom is -0.497 e. The Bertz CT molecular complexity index is 514. The smallest absolute Gasteiger partial charge is 0.220 e. The normalized spacial score (nSPS) is 11.8. The molecule has 0 aromatic heterocycles. The lowest BCUT2D eigenvalue weighted by Gasteiger charge is -2.17. The molecule has 0 spiro atoms. The first-order chi connectivity index (χ1) is 12.1. The highest BCUT2D eigenvalue weighted by atomic mass is 32.2. The van der Waals surface area contributed by atoms with Gasteiger partial charge in [0.2, 0.25) is 4.38 Å². The summed E-state index contributed by atoms with van der Waals surface area (Å²) in [5.41, 5.74) is 1.15. The predicted molar refractivity (Wildman–Crippen MR) is 111 cm³/mol. The molecule has 0 heterocycles. The van der Waals surface area contributed by atoms with E-state index in [9.17, 15) is 4.79 Å². The average Bonchev–Trinajstić information content (AvgIpc) is 2.62. The fraction of sp³-hybridized carbons (Fsp3) is 0.600. The van der Waals surface area contributed by atoms with Gasteiger partial charge in [0.25, 0.3) is 0 Å². The van der Waals surface area contributed by atoms with Crippen LogP contribution in [0.1, 0.15) is 69.6 Å². The molecule has 0 aliphatic heterocycles. The Balaban J connectivity index is 2.61. The highest BCUT2D eigenvalue weighted by Crippen LogP contribution is 2.35. The van der Waals surface area contributed by atoms with Crippen LogP contribution in [0, 0.1) is 0 Å². The molecule has 5 heteroatoms. The predicted octanol–water partition coefficient (Wildman–Crippen LogP) is 6.11. The standard InChI is InChI=1S/C20H30O3S2/c1-4-6-7-8-9-17(21)12-15-19(25-20(24)23-5-2)16-10-13-18(22-3)14-11-16/h10-11,13-14,19H,4-9,12,15H2,1-3H3. The monoisotopic (exact) mass is 382 g/mol. The van der Waals surface area contributed by atoms with E-state index in [4.69, 9.17) is 21.7 Å². The van der Waals surface area contributed by atoms with E-state index in [0.29, 0.717) is 29.6 Å². The molecule has 0 aliphatic rings. The average molecular weight is 383 g/mol. The number of thiocarbonyl (C=S) groups is 1. The van der Waals surface area contributed by atoms with Crippen molar-refractivity contribution in [2.45, 2.75) is 64.0 Å². The summed E-state index contributed by atoms with van der Waals surface area (Å²) in [6.45, 7) is 4.67. The SMILES string of the molecule is CCCCCCC(=O)CCC(SC(=S)OCC)c1ccc(OC)cc1. The first kappa shape index (κ1) is 22.0. The fourth-order valence-corrected chi connectivity index (χ4v) is 3.96. The number of methoxy groups -OCH3 is 1. The van der Waals surface area contributed by atoms with Crippen LogP contribution in [-0.2, 0) is 9.53 Å². The van der Waals surface area contributed by atoms with Crippen molar-refractivity contribution in [2.24, 2.45) is 0 Å². The van der Waals surface area contributed by atoms with Gasteiger partial charge in [-0.25, -0.2) is 0 Å². The Morgan fingerprint density at radius 2 is 1.84 bits per heavy atom. The van der Waals surface area contributed by atoms with Crippen molar-refractivity contribution < 1.29 is 14.3 Å². The van der Waals surface area contributed by atoms with Gasteiger partial charge in [0.15, 0.2) is 0 Å². The minimum atomic E-state index is 0.129. The number of carbonyl (C=O) groups excluding carboxylic acids is 1. The van der Waals surface area contributed by atoms with E-state index in [0.717, 1.165) is 30.6 Å². The van der Waals surface area contributed by atoms with Crippen molar-refractivity contribution >= 4 is 34.1 Å². The number of carbonyl (C=O) groups is 1. The Labute approximate surface area is 161 Å². The van der Waals surface area contributed by atoms with Gasteiger partial charge in [0, 0.05) is 18.1 Å². The van der Waals surface area contributed by atoms with E-state index >= 15 is 0 Å². The van der Waals surface area contributed by atoms with Crippen LogP contribution in [0.5, 0.6) is 5.75 Å². The molecule has 0 N–H and O–H groups in total. The van der Waals surface area contributed by atoms with Crippen molar-refractivity contribution in [3.8, 4) is 5.75 Å². The highest BCUT2D eigenvalue weighted by molar-refractivity contribution is 8.22. The molecule has 0 aliphatic carbocycles. The number of Topliss-reactive ketones (excluding diaryl/α,β-unsaturated/α-hetero) is 1. The Kier molecular flexibility index (Phi) is 11.6. The lowest BCUT2D eigenvalue weighted by Crippen LogP contribution is -2.06. The van der Waals surface area contributed by atoms with Crippen molar-refractivity contribution in [3.05, 3.63) is 29.8 Å². The Morgan fingerprint density at radius 1 is 1.12 bits per heavy atom. The Hall–Kier alpha value is -1.07. The first-order valence-electron chi connectivity index (χ1n) is 9.09. The van der Waals surface area contributed by atoms with Crippen LogP contribution >= 0.6 is 24.0 Å². The number of rotatable bonds is 12. The number of thioether (sulfide) groups is 1. The third kappa shape index (κ3) is 9.26. The number of ether oxygens (including phenoxy) is 2. The first-order valence-corrected chi connectivity index (χ1v) is 10.4. The van der Waals surface area contributed by atoms with Crippen molar-refractivity contribution in [1.82, 2.24) is 0 Å². The van der Waals surface area contributed by atoms with Gasteiger partial charge in [-0.05, 0) is 49.7 Å². The lowest BCUT2D eigenvalue weighted by atomic mass is 10.0. The number of hydrogen-bond donors (Lipinski definition) is 0. The third-order valence-corrected chi connectivity index (χ3v) is 5.49. The molecule has 0 bridgehead atoms.